The molecule has 0 unspecified atom stereocenters. The maximum atomic E-state index is 11.5. The number of nitrogens with zero attached hydrogens (tertiary/aromatic N) is 2. The van der Waals surface area contributed by atoms with Crippen LogP contribution < -0.4 is 0 Å². The molecule has 0 radical (unpaired) electrons. The monoisotopic (exact) mass is 328 g/mol. The average molecular weight is 328 g/mol. The van der Waals surface area contributed by atoms with Gasteiger partial charge >= 0.3 is 5.97 Å². The Kier molecular flexibility index (Phi) is 5.94. The van der Waals surface area contributed by atoms with Crippen molar-refractivity contribution in [1.82, 2.24) is 4.98 Å². The minimum Gasteiger partial charge on any atom is -0.478 e. The van der Waals surface area contributed by atoms with Crippen molar-refractivity contribution >= 4 is 29.3 Å². The fraction of sp³-hybridized carbons (Fsp3) is 0.118. The standard InChI is InChI=1S/C17H16N2O3S/c1-3-12(17(20)21)13-8-4-5-9-14(13)16(19-22-23-2)15-10-6-7-11-18-15/h3-11H,1-2H3,(H,20,21). The topological polar surface area (TPSA) is 71.8 Å². The van der Waals surface area contributed by atoms with Crippen molar-refractivity contribution in [2.24, 2.45) is 5.16 Å². The summed E-state index contributed by atoms with van der Waals surface area (Å²) >= 11 is 1.10. The molecule has 5 nitrogen and oxygen atoms in total. The summed E-state index contributed by atoms with van der Waals surface area (Å²) in [5.74, 6) is -0.994. The molecule has 0 saturated heterocycles. The molecule has 0 amide bonds. The van der Waals surface area contributed by atoms with Crippen LogP contribution in [0.3, 0.4) is 0 Å². The van der Waals surface area contributed by atoms with Gasteiger partial charge in [0.2, 0.25) is 0 Å². The average Bonchev–Trinajstić information content (AvgIpc) is 2.58. The first-order chi connectivity index (χ1) is 11.2. The van der Waals surface area contributed by atoms with E-state index in [-0.39, 0.29) is 5.57 Å². The molecular weight excluding hydrogens is 312 g/mol. The molecule has 0 saturated carbocycles. The fourth-order valence-electron chi connectivity index (χ4n) is 2.13. The van der Waals surface area contributed by atoms with E-state index in [1.165, 1.54) is 0 Å². The number of carboxylic acid groups (broad SMARTS) is 1. The number of hydrogen-bond donors (Lipinski definition) is 1. The normalized spacial score (nSPS) is 12.1. The van der Waals surface area contributed by atoms with Crippen LogP contribution in [0.1, 0.15) is 23.7 Å². The number of oxime groups is 1. The summed E-state index contributed by atoms with van der Waals surface area (Å²) in [5, 5.41) is 13.5. The molecule has 2 rings (SSSR count). The zero-order chi connectivity index (χ0) is 16.7. The summed E-state index contributed by atoms with van der Waals surface area (Å²) in [5.41, 5.74) is 2.51. The molecule has 1 heterocycles. The largest absolute Gasteiger partial charge is 0.478 e. The Morgan fingerprint density at radius 2 is 1.91 bits per heavy atom. The maximum Gasteiger partial charge on any atom is 0.335 e. The van der Waals surface area contributed by atoms with Gasteiger partial charge in [-0.2, -0.15) is 0 Å². The number of rotatable bonds is 6. The van der Waals surface area contributed by atoms with Gasteiger partial charge in [0.1, 0.15) is 5.71 Å². The summed E-state index contributed by atoms with van der Waals surface area (Å²) in [4.78, 5) is 15.8. The van der Waals surface area contributed by atoms with E-state index >= 15 is 0 Å². The number of aliphatic carboxylic acids is 1. The van der Waals surface area contributed by atoms with Gasteiger partial charge in [-0.15, -0.1) is 0 Å². The predicted molar refractivity (Wildman–Crippen MR) is 92.2 cm³/mol. The number of pyridine rings is 1. The molecule has 2 aromatic rings. The Morgan fingerprint density at radius 1 is 1.22 bits per heavy atom. The second-order valence-corrected chi connectivity index (χ2v) is 4.93. The molecule has 6 heteroatoms. The molecule has 0 aliphatic heterocycles. The van der Waals surface area contributed by atoms with E-state index < -0.39 is 5.97 Å². The molecule has 0 atom stereocenters. The number of aromatic nitrogens is 1. The lowest BCUT2D eigenvalue weighted by molar-refractivity contribution is -0.130. The molecule has 1 N–H and O–H groups in total. The summed E-state index contributed by atoms with van der Waals surface area (Å²) < 4.78 is 5.13. The molecule has 23 heavy (non-hydrogen) atoms. The van der Waals surface area contributed by atoms with Gasteiger partial charge in [0, 0.05) is 18.0 Å². The minimum atomic E-state index is -0.994. The molecule has 0 fully saturated rings. The second-order valence-electron chi connectivity index (χ2n) is 4.45. The van der Waals surface area contributed by atoms with Crippen molar-refractivity contribution < 1.29 is 14.2 Å². The molecule has 1 aromatic carbocycles. The lowest BCUT2D eigenvalue weighted by Gasteiger charge is -2.11. The predicted octanol–water partition coefficient (Wildman–Crippen LogP) is 3.62. The molecule has 1 aromatic heterocycles. The summed E-state index contributed by atoms with van der Waals surface area (Å²) in [6, 6.07) is 12.6. The smallest absolute Gasteiger partial charge is 0.335 e. The van der Waals surface area contributed by atoms with Crippen LogP contribution in [0.15, 0.2) is 59.9 Å². The third-order valence-electron chi connectivity index (χ3n) is 3.10. The van der Waals surface area contributed by atoms with Gasteiger partial charge in [-0.05, 0) is 24.6 Å². The van der Waals surface area contributed by atoms with Crippen molar-refractivity contribution in [3.05, 3.63) is 71.6 Å². The maximum absolute atomic E-state index is 11.5. The lowest BCUT2D eigenvalue weighted by atomic mass is 9.95. The Bertz CT molecular complexity index is 743. The molecule has 0 bridgehead atoms. The van der Waals surface area contributed by atoms with Gasteiger partial charge in [-0.25, -0.2) is 4.79 Å². The number of benzene rings is 1. The van der Waals surface area contributed by atoms with Crippen molar-refractivity contribution in [3.8, 4) is 0 Å². The van der Waals surface area contributed by atoms with Crippen molar-refractivity contribution in [2.45, 2.75) is 6.92 Å². The Morgan fingerprint density at radius 3 is 2.48 bits per heavy atom. The highest BCUT2D eigenvalue weighted by atomic mass is 32.2. The molecule has 118 valence electrons. The second kappa shape index (κ2) is 8.14. The molecule has 0 aliphatic carbocycles. The molecule has 0 aliphatic rings. The fourth-order valence-corrected chi connectivity index (χ4v) is 2.28. The van der Waals surface area contributed by atoms with Gasteiger partial charge in [0.05, 0.1) is 23.3 Å². The van der Waals surface area contributed by atoms with Gasteiger partial charge in [0.15, 0.2) is 0 Å². The van der Waals surface area contributed by atoms with Crippen molar-refractivity contribution in [1.29, 1.82) is 0 Å². The van der Waals surface area contributed by atoms with Crippen LogP contribution in [0, 0.1) is 0 Å². The highest BCUT2D eigenvalue weighted by molar-refractivity contribution is 7.93. The van der Waals surface area contributed by atoms with E-state index in [9.17, 15) is 9.90 Å². The first kappa shape index (κ1) is 16.8. The highest BCUT2D eigenvalue weighted by Crippen LogP contribution is 2.23. The van der Waals surface area contributed by atoms with Crippen molar-refractivity contribution in [2.75, 3.05) is 6.26 Å². The van der Waals surface area contributed by atoms with E-state index in [0.717, 1.165) is 12.0 Å². The van der Waals surface area contributed by atoms with Gasteiger partial charge < -0.3 is 9.39 Å². The van der Waals surface area contributed by atoms with E-state index in [4.69, 9.17) is 4.28 Å². The highest BCUT2D eigenvalue weighted by Gasteiger charge is 2.19. The first-order valence-corrected chi connectivity index (χ1v) is 8.02. The summed E-state index contributed by atoms with van der Waals surface area (Å²) in [7, 11) is 0. The van der Waals surface area contributed by atoms with E-state index in [1.807, 2.05) is 12.1 Å². The Hall–Kier alpha value is -2.60. The van der Waals surface area contributed by atoms with Gasteiger partial charge in [0.25, 0.3) is 0 Å². The summed E-state index contributed by atoms with van der Waals surface area (Å²) in [6.45, 7) is 1.69. The SMILES string of the molecule is CC=C(C(=O)O)c1ccccc1C(=NOSC)c1ccccn1. The van der Waals surface area contributed by atoms with Crippen LogP contribution in [0.25, 0.3) is 5.57 Å². The first-order valence-electron chi connectivity index (χ1n) is 6.87. The van der Waals surface area contributed by atoms with E-state index in [1.54, 1.807) is 55.8 Å². The van der Waals surface area contributed by atoms with Crippen LogP contribution in [-0.4, -0.2) is 28.0 Å². The zero-order valence-corrected chi connectivity index (χ0v) is 13.6. The number of allylic oxidation sites excluding steroid dienone is 1. The summed E-state index contributed by atoms with van der Waals surface area (Å²) in [6.07, 6.45) is 4.97. The van der Waals surface area contributed by atoms with Crippen molar-refractivity contribution in [3.63, 3.8) is 0 Å². The van der Waals surface area contributed by atoms with Crippen LogP contribution in [0.2, 0.25) is 0 Å². The lowest BCUT2D eigenvalue weighted by Crippen LogP contribution is -2.11. The van der Waals surface area contributed by atoms with Gasteiger partial charge in [-0.1, -0.05) is 41.6 Å². The number of carboxylic acids is 1. The quantitative estimate of drug-likeness (QED) is 0.379. The van der Waals surface area contributed by atoms with E-state index in [0.29, 0.717) is 22.5 Å². The van der Waals surface area contributed by atoms with Crippen LogP contribution in [0.5, 0.6) is 0 Å². The number of carbonyl (C=O) groups is 1. The van der Waals surface area contributed by atoms with Gasteiger partial charge in [-0.3, -0.25) is 4.98 Å². The van der Waals surface area contributed by atoms with Crippen LogP contribution >= 0.6 is 12.0 Å². The van der Waals surface area contributed by atoms with E-state index in [2.05, 4.69) is 10.1 Å². The molecular formula is C17H16N2O3S. The third kappa shape index (κ3) is 3.98. The number of hydrogen-bond acceptors (Lipinski definition) is 5. The minimum absolute atomic E-state index is 0.202. The molecule has 0 spiro atoms. The Balaban J connectivity index is 2.63. The third-order valence-corrected chi connectivity index (χ3v) is 3.33. The zero-order valence-electron chi connectivity index (χ0n) is 12.8. The van der Waals surface area contributed by atoms with Crippen LogP contribution in [-0.2, 0) is 9.08 Å². The van der Waals surface area contributed by atoms with Crippen LogP contribution in [0.4, 0.5) is 0 Å². The Labute approximate surface area is 138 Å².